The molecule has 348 valence electrons. The molecule has 0 bridgehead atoms. The Kier molecular flexibility index (Phi) is 23.0. The number of unbranched alkanes of at least 4 members (excludes halogenated alkanes) is 7. The SMILES string of the molecule is CCCCCCCCCC[C@@H](C)[C@@H]1CC(=O)NC([C@@H](C)O)C(=O)N[C@@H](C)C(=O)N[C@H](C)C(=O)N[C@@H](CCC(N)=O)C(=O)N[C@H](Cc2ccc(O)cc2)C(=O)NC(C(C)C)C(=O)O1. The van der Waals surface area contributed by atoms with E-state index in [1.54, 1.807) is 13.8 Å². The first kappa shape index (κ1) is 52.9. The highest BCUT2D eigenvalue weighted by molar-refractivity contribution is 5.97. The molecule has 2 unspecified atom stereocenters. The van der Waals surface area contributed by atoms with Crippen LogP contribution in [0.5, 0.6) is 5.75 Å². The highest BCUT2D eigenvalue weighted by atomic mass is 16.5. The number of benzene rings is 1. The first-order valence-corrected chi connectivity index (χ1v) is 22.0. The van der Waals surface area contributed by atoms with Crippen LogP contribution >= 0.6 is 0 Å². The number of aliphatic hydroxyl groups excluding tert-OH is 1. The minimum Gasteiger partial charge on any atom is -0.508 e. The molecule has 1 aliphatic rings. The van der Waals surface area contributed by atoms with Gasteiger partial charge >= 0.3 is 5.97 Å². The minimum absolute atomic E-state index is 0.0409. The van der Waals surface area contributed by atoms with E-state index in [2.05, 4.69) is 38.8 Å². The number of carbonyl (C=O) groups excluding carboxylic acids is 8. The van der Waals surface area contributed by atoms with E-state index >= 15 is 0 Å². The molecule has 18 heteroatoms. The molecule has 0 radical (unpaired) electrons. The molecule has 7 amide bonds. The molecule has 1 heterocycles. The van der Waals surface area contributed by atoms with Gasteiger partial charge in [-0.2, -0.15) is 0 Å². The Balaban J connectivity index is 2.58. The molecule has 10 N–H and O–H groups in total. The predicted molar refractivity (Wildman–Crippen MR) is 231 cm³/mol. The van der Waals surface area contributed by atoms with Crippen LogP contribution in [0.4, 0.5) is 0 Å². The molecule has 62 heavy (non-hydrogen) atoms. The van der Waals surface area contributed by atoms with E-state index in [-0.39, 0.29) is 30.9 Å². The highest BCUT2D eigenvalue weighted by Crippen LogP contribution is 2.22. The average molecular weight is 874 g/mol. The number of aromatic hydroxyl groups is 1. The van der Waals surface area contributed by atoms with Crippen molar-refractivity contribution in [2.24, 2.45) is 17.6 Å². The van der Waals surface area contributed by atoms with Gasteiger partial charge in [-0.25, -0.2) is 4.79 Å². The van der Waals surface area contributed by atoms with Crippen molar-refractivity contribution in [3.8, 4) is 5.75 Å². The zero-order chi connectivity index (χ0) is 46.5. The molecule has 0 saturated carbocycles. The first-order valence-electron chi connectivity index (χ1n) is 22.0. The number of rotatable bonds is 17. The van der Waals surface area contributed by atoms with E-state index in [0.717, 1.165) is 38.5 Å². The van der Waals surface area contributed by atoms with Crippen LogP contribution in [-0.2, 0) is 49.5 Å². The molecular formula is C44H71N7O11. The van der Waals surface area contributed by atoms with E-state index in [0.29, 0.717) is 12.0 Å². The number of phenolic OH excluding ortho intramolecular Hbond substituents is 1. The van der Waals surface area contributed by atoms with Crippen molar-refractivity contribution in [3.05, 3.63) is 29.8 Å². The number of nitrogens with one attached hydrogen (secondary N) is 6. The molecule has 1 fully saturated rings. The minimum atomic E-state index is -1.52. The van der Waals surface area contributed by atoms with Crippen molar-refractivity contribution in [2.75, 3.05) is 0 Å². The monoisotopic (exact) mass is 874 g/mol. The zero-order valence-corrected chi connectivity index (χ0v) is 37.4. The van der Waals surface area contributed by atoms with Crippen LogP contribution in [-0.4, -0.2) is 106 Å². The van der Waals surface area contributed by atoms with Crippen LogP contribution in [0.15, 0.2) is 24.3 Å². The third-order valence-electron chi connectivity index (χ3n) is 10.9. The number of ether oxygens (including phenoxy) is 1. The molecule has 9 atom stereocenters. The lowest BCUT2D eigenvalue weighted by Gasteiger charge is -2.30. The lowest BCUT2D eigenvalue weighted by molar-refractivity contribution is -0.158. The van der Waals surface area contributed by atoms with Crippen LogP contribution < -0.4 is 37.6 Å². The number of cyclic esters (lactones) is 1. The first-order chi connectivity index (χ1) is 29.2. The van der Waals surface area contributed by atoms with Crippen molar-refractivity contribution in [1.29, 1.82) is 0 Å². The summed E-state index contributed by atoms with van der Waals surface area (Å²) in [6.07, 6.45) is 5.57. The molecule has 0 aliphatic carbocycles. The van der Waals surface area contributed by atoms with Crippen LogP contribution in [0.1, 0.15) is 131 Å². The van der Waals surface area contributed by atoms with Crippen molar-refractivity contribution in [3.63, 3.8) is 0 Å². The van der Waals surface area contributed by atoms with Gasteiger partial charge in [0, 0.05) is 12.8 Å². The number of aliphatic hydroxyl groups is 1. The van der Waals surface area contributed by atoms with E-state index < -0.39 is 108 Å². The Labute approximate surface area is 365 Å². The summed E-state index contributed by atoms with van der Waals surface area (Å²) in [5.41, 5.74) is 5.89. The molecule has 1 aliphatic heterocycles. The second-order valence-corrected chi connectivity index (χ2v) is 16.9. The van der Waals surface area contributed by atoms with E-state index in [9.17, 15) is 48.6 Å². The third-order valence-corrected chi connectivity index (χ3v) is 10.9. The van der Waals surface area contributed by atoms with E-state index in [1.165, 1.54) is 57.9 Å². The van der Waals surface area contributed by atoms with Crippen LogP contribution in [0.25, 0.3) is 0 Å². The number of phenols is 1. The normalized spacial score (nSPS) is 25.0. The number of hydrogen-bond donors (Lipinski definition) is 9. The van der Waals surface area contributed by atoms with Crippen LogP contribution in [0.2, 0.25) is 0 Å². The Hall–Kier alpha value is -5.26. The number of esters is 1. The number of carbonyl (C=O) groups is 8. The maximum atomic E-state index is 14.2. The number of hydrogen-bond acceptors (Lipinski definition) is 11. The number of primary amides is 1. The summed E-state index contributed by atoms with van der Waals surface area (Å²) in [5, 5.41) is 35.6. The van der Waals surface area contributed by atoms with Gasteiger partial charge < -0.3 is 52.6 Å². The Morgan fingerprint density at radius 3 is 1.81 bits per heavy atom. The topological polar surface area (TPSA) is 284 Å². The molecule has 0 spiro atoms. The van der Waals surface area contributed by atoms with E-state index in [1.807, 2.05) is 6.92 Å². The fourth-order valence-electron chi connectivity index (χ4n) is 6.91. The molecule has 0 aromatic heterocycles. The number of amides is 7. The molecule has 1 saturated heterocycles. The molecule has 18 nitrogen and oxygen atoms in total. The van der Waals surface area contributed by atoms with Crippen molar-refractivity contribution in [1.82, 2.24) is 31.9 Å². The summed E-state index contributed by atoms with van der Waals surface area (Å²) in [6.45, 7) is 11.3. The van der Waals surface area contributed by atoms with Gasteiger partial charge in [-0.15, -0.1) is 0 Å². The van der Waals surface area contributed by atoms with Gasteiger partial charge in [0.1, 0.15) is 48.1 Å². The Morgan fingerprint density at radius 1 is 0.710 bits per heavy atom. The van der Waals surface area contributed by atoms with Gasteiger partial charge in [-0.1, -0.05) is 91.2 Å². The van der Waals surface area contributed by atoms with Gasteiger partial charge in [0.2, 0.25) is 41.4 Å². The molecule has 1 aromatic rings. The smallest absolute Gasteiger partial charge is 0.329 e. The van der Waals surface area contributed by atoms with E-state index in [4.69, 9.17) is 10.5 Å². The third kappa shape index (κ3) is 18.8. The summed E-state index contributed by atoms with van der Waals surface area (Å²) in [7, 11) is 0. The fraction of sp³-hybridized carbons (Fsp3) is 0.682. The van der Waals surface area contributed by atoms with Gasteiger partial charge in [0.25, 0.3) is 0 Å². The van der Waals surface area contributed by atoms with Crippen molar-refractivity contribution in [2.45, 2.75) is 180 Å². The summed E-state index contributed by atoms with van der Waals surface area (Å²) in [5.74, 6) is -7.54. The standard InChI is InChI=1S/C44H71N7O11/c1-8-9-10-11-12-13-14-15-16-26(4)34-24-36(55)50-38(29(7)52)43(60)47-27(5)39(56)46-28(6)40(57)48-32(21-22-35(45)54)41(58)49-33(23-30-17-19-31(53)20-18-30)42(59)51-37(25(2)3)44(61)62-34/h17-20,25-29,32-34,37-38,52-53H,8-16,21-24H2,1-7H3,(H2,45,54)(H,46,56)(H,47,60)(H,48,57)(H,49,58)(H,50,55)(H,51,59)/t26-,27+,28-,29-,32+,33-,34+,37?,38?/m1/s1. The maximum Gasteiger partial charge on any atom is 0.329 e. The molecule has 2 rings (SSSR count). The van der Waals surface area contributed by atoms with Crippen molar-refractivity contribution < 1.29 is 53.3 Å². The molecule has 1 aromatic carbocycles. The van der Waals surface area contributed by atoms with Crippen LogP contribution in [0, 0.1) is 11.8 Å². The quantitative estimate of drug-likeness (QED) is 0.0802. The van der Waals surface area contributed by atoms with Crippen LogP contribution in [0.3, 0.4) is 0 Å². The van der Waals surface area contributed by atoms with Gasteiger partial charge in [0.05, 0.1) is 12.5 Å². The summed E-state index contributed by atoms with van der Waals surface area (Å²) in [6, 6.07) is -2.27. The second-order valence-electron chi connectivity index (χ2n) is 16.9. The largest absolute Gasteiger partial charge is 0.508 e. The average Bonchev–Trinajstić information content (AvgIpc) is 3.20. The predicted octanol–water partition coefficient (Wildman–Crippen LogP) is 1.67. The lowest BCUT2D eigenvalue weighted by atomic mass is 9.93. The fourth-order valence-corrected chi connectivity index (χ4v) is 6.91. The second kappa shape index (κ2) is 26.9. The summed E-state index contributed by atoms with van der Waals surface area (Å²) < 4.78 is 6.04. The lowest BCUT2D eigenvalue weighted by Crippen LogP contribution is -2.60. The Bertz CT molecular complexity index is 1660. The van der Waals surface area contributed by atoms with Gasteiger partial charge in [0.15, 0.2) is 0 Å². The molecular weight excluding hydrogens is 803 g/mol. The summed E-state index contributed by atoms with van der Waals surface area (Å²) in [4.78, 5) is 107. The maximum absolute atomic E-state index is 14.2. The van der Waals surface area contributed by atoms with Gasteiger partial charge in [-0.3, -0.25) is 33.6 Å². The Morgan fingerprint density at radius 2 is 1.24 bits per heavy atom. The zero-order valence-electron chi connectivity index (χ0n) is 37.4. The number of nitrogens with two attached hydrogens (primary N) is 1. The highest BCUT2D eigenvalue weighted by Gasteiger charge is 2.36. The van der Waals surface area contributed by atoms with Gasteiger partial charge in [-0.05, 0) is 63.1 Å². The summed E-state index contributed by atoms with van der Waals surface area (Å²) >= 11 is 0. The van der Waals surface area contributed by atoms with Crippen molar-refractivity contribution >= 4 is 47.3 Å².